The van der Waals surface area contributed by atoms with Crippen LogP contribution in [-0.4, -0.2) is 31.2 Å². The minimum absolute atomic E-state index is 0.252. The molecule has 1 aromatic heterocycles. The fourth-order valence-electron chi connectivity index (χ4n) is 2.55. The Morgan fingerprint density at radius 2 is 2.29 bits per heavy atom. The SMILES string of the molecule is COC(=O)C1=Cc2cc(Br)cnc2N(CC(C)C)CCC1. The summed E-state index contributed by atoms with van der Waals surface area (Å²) >= 11 is 3.45. The van der Waals surface area contributed by atoms with Crippen LogP contribution in [-0.2, 0) is 9.53 Å². The molecule has 0 atom stereocenters. The Morgan fingerprint density at radius 3 is 2.95 bits per heavy atom. The number of aromatic nitrogens is 1. The van der Waals surface area contributed by atoms with E-state index < -0.39 is 0 Å². The summed E-state index contributed by atoms with van der Waals surface area (Å²) in [5.41, 5.74) is 1.67. The van der Waals surface area contributed by atoms with Crippen molar-refractivity contribution in [1.29, 1.82) is 0 Å². The van der Waals surface area contributed by atoms with Crippen LogP contribution in [0.2, 0.25) is 0 Å². The Balaban J connectivity index is 2.45. The number of carbonyl (C=O) groups is 1. The minimum Gasteiger partial charge on any atom is -0.466 e. The molecule has 2 rings (SSSR count). The molecule has 0 saturated heterocycles. The summed E-state index contributed by atoms with van der Waals surface area (Å²) in [7, 11) is 1.42. The maximum Gasteiger partial charge on any atom is 0.333 e. The number of esters is 1. The molecule has 2 heterocycles. The first-order valence-corrected chi connectivity index (χ1v) is 8.00. The Labute approximate surface area is 134 Å². The van der Waals surface area contributed by atoms with Crippen LogP contribution in [0.15, 0.2) is 22.3 Å². The number of anilines is 1. The van der Waals surface area contributed by atoms with Crippen LogP contribution in [0.1, 0.15) is 32.3 Å². The molecular weight excluding hydrogens is 332 g/mol. The molecule has 0 aliphatic carbocycles. The van der Waals surface area contributed by atoms with E-state index in [2.05, 4.69) is 39.7 Å². The Morgan fingerprint density at radius 1 is 1.52 bits per heavy atom. The molecule has 0 aromatic carbocycles. The maximum absolute atomic E-state index is 11.8. The quantitative estimate of drug-likeness (QED) is 0.778. The maximum atomic E-state index is 11.8. The lowest BCUT2D eigenvalue weighted by Gasteiger charge is -2.28. The third-order valence-electron chi connectivity index (χ3n) is 3.40. The second kappa shape index (κ2) is 7.07. The van der Waals surface area contributed by atoms with Crippen molar-refractivity contribution in [3.8, 4) is 0 Å². The van der Waals surface area contributed by atoms with Crippen molar-refractivity contribution >= 4 is 33.8 Å². The molecule has 0 spiro atoms. The smallest absolute Gasteiger partial charge is 0.333 e. The lowest BCUT2D eigenvalue weighted by molar-refractivity contribution is -0.136. The first-order chi connectivity index (χ1) is 10.0. The van der Waals surface area contributed by atoms with E-state index in [1.807, 2.05) is 12.1 Å². The molecule has 0 bridgehead atoms. The summed E-state index contributed by atoms with van der Waals surface area (Å²) in [6.45, 7) is 6.26. The summed E-state index contributed by atoms with van der Waals surface area (Å²) in [5.74, 6) is 1.25. The molecule has 1 aliphatic heterocycles. The average Bonchev–Trinajstić information content (AvgIpc) is 2.42. The number of pyridine rings is 1. The van der Waals surface area contributed by atoms with Crippen LogP contribution < -0.4 is 4.90 Å². The van der Waals surface area contributed by atoms with Crippen molar-refractivity contribution in [3.63, 3.8) is 0 Å². The molecule has 1 aliphatic rings. The van der Waals surface area contributed by atoms with Crippen molar-refractivity contribution in [1.82, 2.24) is 4.98 Å². The number of ether oxygens (including phenoxy) is 1. The van der Waals surface area contributed by atoms with Crippen LogP contribution in [0, 0.1) is 5.92 Å². The van der Waals surface area contributed by atoms with Gasteiger partial charge in [0.2, 0.25) is 0 Å². The van der Waals surface area contributed by atoms with E-state index in [-0.39, 0.29) is 5.97 Å². The normalized spacial score (nSPS) is 15.1. The summed E-state index contributed by atoms with van der Waals surface area (Å²) in [6, 6.07) is 2.00. The van der Waals surface area contributed by atoms with Crippen molar-refractivity contribution in [2.75, 3.05) is 25.1 Å². The molecule has 0 unspecified atom stereocenters. The highest BCUT2D eigenvalue weighted by Gasteiger charge is 2.19. The van der Waals surface area contributed by atoms with Gasteiger partial charge in [0, 0.05) is 34.9 Å². The molecule has 4 nitrogen and oxygen atoms in total. The number of nitrogens with zero attached hydrogens (tertiary/aromatic N) is 2. The topological polar surface area (TPSA) is 42.4 Å². The van der Waals surface area contributed by atoms with Crippen molar-refractivity contribution in [3.05, 3.63) is 27.9 Å². The van der Waals surface area contributed by atoms with E-state index >= 15 is 0 Å². The van der Waals surface area contributed by atoms with Gasteiger partial charge in [-0.1, -0.05) is 13.8 Å². The predicted octanol–water partition coefficient (Wildman–Crippen LogP) is 3.66. The zero-order chi connectivity index (χ0) is 15.4. The van der Waals surface area contributed by atoms with Crippen LogP contribution in [0.3, 0.4) is 0 Å². The van der Waals surface area contributed by atoms with Crippen LogP contribution in [0.5, 0.6) is 0 Å². The highest BCUT2D eigenvalue weighted by Crippen LogP contribution is 2.28. The Bertz CT molecular complexity index is 555. The minimum atomic E-state index is -0.252. The fourth-order valence-corrected chi connectivity index (χ4v) is 2.90. The second-order valence-corrected chi connectivity index (χ2v) is 6.59. The van der Waals surface area contributed by atoms with E-state index in [1.165, 1.54) is 7.11 Å². The molecule has 114 valence electrons. The monoisotopic (exact) mass is 352 g/mol. The van der Waals surface area contributed by atoms with Gasteiger partial charge in [-0.2, -0.15) is 0 Å². The number of hydrogen-bond donors (Lipinski definition) is 0. The lowest BCUT2D eigenvalue weighted by Crippen LogP contribution is -2.31. The molecule has 0 saturated carbocycles. The number of hydrogen-bond acceptors (Lipinski definition) is 4. The third kappa shape index (κ3) is 4.06. The number of fused-ring (bicyclic) bond motifs is 1. The van der Waals surface area contributed by atoms with Gasteiger partial charge in [-0.25, -0.2) is 9.78 Å². The van der Waals surface area contributed by atoms with E-state index in [9.17, 15) is 4.79 Å². The summed E-state index contributed by atoms with van der Waals surface area (Å²) in [6.07, 6.45) is 5.36. The second-order valence-electron chi connectivity index (χ2n) is 5.67. The highest BCUT2D eigenvalue weighted by atomic mass is 79.9. The first-order valence-electron chi connectivity index (χ1n) is 7.20. The zero-order valence-electron chi connectivity index (χ0n) is 12.7. The molecular formula is C16H21BrN2O2. The lowest BCUT2D eigenvalue weighted by atomic mass is 10.0. The summed E-state index contributed by atoms with van der Waals surface area (Å²) < 4.78 is 5.78. The fraction of sp³-hybridized carbons (Fsp3) is 0.500. The Kier molecular flexibility index (Phi) is 5.39. The van der Waals surface area contributed by atoms with E-state index in [4.69, 9.17) is 4.74 Å². The predicted molar refractivity (Wildman–Crippen MR) is 88.2 cm³/mol. The summed E-state index contributed by atoms with van der Waals surface area (Å²) in [5, 5.41) is 0. The molecule has 0 fully saturated rings. The number of methoxy groups -OCH3 is 1. The molecule has 0 amide bonds. The molecule has 21 heavy (non-hydrogen) atoms. The van der Waals surface area contributed by atoms with Gasteiger partial charge in [-0.15, -0.1) is 0 Å². The van der Waals surface area contributed by atoms with Crippen molar-refractivity contribution < 1.29 is 9.53 Å². The van der Waals surface area contributed by atoms with Gasteiger partial charge in [-0.3, -0.25) is 0 Å². The number of carbonyl (C=O) groups excluding carboxylic acids is 1. The van der Waals surface area contributed by atoms with Gasteiger partial charge in [-0.05, 0) is 46.8 Å². The van der Waals surface area contributed by atoms with E-state index in [1.54, 1.807) is 6.20 Å². The van der Waals surface area contributed by atoms with Crippen LogP contribution >= 0.6 is 15.9 Å². The number of halogens is 1. The molecule has 0 N–H and O–H groups in total. The Hall–Kier alpha value is -1.36. The van der Waals surface area contributed by atoms with Gasteiger partial charge in [0.05, 0.1) is 7.11 Å². The van der Waals surface area contributed by atoms with Crippen LogP contribution in [0.4, 0.5) is 5.82 Å². The average molecular weight is 353 g/mol. The molecule has 1 aromatic rings. The highest BCUT2D eigenvalue weighted by molar-refractivity contribution is 9.10. The summed E-state index contributed by atoms with van der Waals surface area (Å²) in [4.78, 5) is 18.7. The molecule has 0 radical (unpaired) electrons. The van der Waals surface area contributed by atoms with Gasteiger partial charge >= 0.3 is 5.97 Å². The largest absolute Gasteiger partial charge is 0.466 e. The first kappa shape index (κ1) is 16.0. The van der Waals surface area contributed by atoms with Crippen molar-refractivity contribution in [2.45, 2.75) is 26.7 Å². The molecule has 5 heteroatoms. The van der Waals surface area contributed by atoms with Crippen LogP contribution in [0.25, 0.3) is 6.08 Å². The van der Waals surface area contributed by atoms with E-state index in [0.29, 0.717) is 11.5 Å². The van der Waals surface area contributed by atoms with Gasteiger partial charge in [0.1, 0.15) is 5.82 Å². The van der Waals surface area contributed by atoms with Gasteiger partial charge in [0.15, 0.2) is 0 Å². The van der Waals surface area contributed by atoms with Gasteiger partial charge in [0.25, 0.3) is 0 Å². The number of rotatable bonds is 3. The van der Waals surface area contributed by atoms with Gasteiger partial charge < -0.3 is 9.64 Å². The standard InChI is InChI=1S/C16H21BrN2O2/c1-11(2)10-19-6-4-5-12(16(20)21-3)7-13-8-14(17)9-18-15(13)19/h7-9,11H,4-6,10H2,1-3H3. The third-order valence-corrected chi connectivity index (χ3v) is 3.83. The van der Waals surface area contributed by atoms with E-state index in [0.717, 1.165) is 41.8 Å². The zero-order valence-corrected chi connectivity index (χ0v) is 14.3. The van der Waals surface area contributed by atoms with Crippen molar-refractivity contribution in [2.24, 2.45) is 5.92 Å².